The third-order valence-corrected chi connectivity index (χ3v) is 6.03. The summed E-state index contributed by atoms with van der Waals surface area (Å²) in [7, 11) is 0. The van der Waals surface area contributed by atoms with Gasteiger partial charge in [-0.3, -0.25) is 9.59 Å². The summed E-state index contributed by atoms with van der Waals surface area (Å²) in [4.78, 5) is 22.7. The molecule has 2 bridgehead atoms. The van der Waals surface area contributed by atoms with E-state index in [-0.39, 0.29) is 12.2 Å². The quantitative estimate of drug-likeness (QED) is 0.320. The van der Waals surface area contributed by atoms with Gasteiger partial charge in [0.05, 0.1) is 12.2 Å². The molecule has 4 atom stereocenters. The van der Waals surface area contributed by atoms with Crippen LogP contribution in [0.1, 0.15) is 61.7 Å². The second kappa shape index (κ2) is 10.4. The number of fused-ring (bicyclic) bond motifs is 2. The van der Waals surface area contributed by atoms with Gasteiger partial charge in [0.25, 0.3) is 0 Å². The lowest BCUT2D eigenvalue weighted by Gasteiger charge is -2.28. The Morgan fingerprint density at radius 3 is 2.50 bits per heavy atom. The summed E-state index contributed by atoms with van der Waals surface area (Å²) in [5.41, 5.74) is 0.699. The van der Waals surface area contributed by atoms with E-state index >= 15 is 0 Å². The number of hydrogen-bond donors (Lipinski definition) is 2. The fraction of sp³-hybridized carbons (Fsp3) is 0.565. The van der Waals surface area contributed by atoms with Gasteiger partial charge in [0, 0.05) is 36.7 Å². The van der Waals surface area contributed by atoms with Crippen molar-refractivity contribution in [2.45, 2.75) is 63.6 Å². The van der Waals surface area contributed by atoms with E-state index in [0.29, 0.717) is 29.6 Å². The maximum Gasteiger partial charge on any atom is 0.303 e. The molecule has 0 amide bonds. The Balaban J connectivity index is 1.40. The van der Waals surface area contributed by atoms with Crippen LogP contribution in [0.4, 0.5) is 0 Å². The number of allylic oxidation sites excluding steroid dienone is 1. The standard InChI is InChI=1S/C23H31NO4/c25-20(17-8-4-3-5-9-17)14-15-24-16-19-18(21-12-13-22(19)28-21)10-6-1-2-7-11-23(26)27/h3-5,8-9,14-15,18-19,21-22,24H,1-2,6-7,10-13,16H2,(H,26,27)/b15-14+. The number of nitrogens with one attached hydrogen (secondary N) is 1. The number of ether oxygens (including phenoxy) is 1. The largest absolute Gasteiger partial charge is 0.481 e. The fourth-order valence-electron chi connectivity index (χ4n) is 4.60. The van der Waals surface area contributed by atoms with Gasteiger partial charge in [-0.25, -0.2) is 0 Å². The predicted molar refractivity (Wildman–Crippen MR) is 108 cm³/mol. The summed E-state index contributed by atoms with van der Waals surface area (Å²) < 4.78 is 6.15. The number of carboxylic acids is 1. The topological polar surface area (TPSA) is 75.6 Å². The first-order valence-corrected chi connectivity index (χ1v) is 10.5. The zero-order valence-electron chi connectivity index (χ0n) is 16.4. The van der Waals surface area contributed by atoms with Crippen molar-refractivity contribution in [3.8, 4) is 0 Å². The van der Waals surface area contributed by atoms with Gasteiger partial charge in [0.15, 0.2) is 5.78 Å². The Morgan fingerprint density at radius 1 is 1.04 bits per heavy atom. The van der Waals surface area contributed by atoms with Crippen molar-refractivity contribution in [3.63, 3.8) is 0 Å². The smallest absolute Gasteiger partial charge is 0.303 e. The van der Waals surface area contributed by atoms with Gasteiger partial charge in [-0.1, -0.05) is 49.6 Å². The van der Waals surface area contributed by atoms with E-state index in [1.165, 1.54) is 0 Å². The number of rotatable bonds is 12. The molecule has 152 valence electrons. The molecule has 2 aliphatic rings. The molecule has 2 fully saturated rings. The van der Waals surface area contributed by atoms with Crippen LogP contribution in [0, 0.1) is 11.8 Å². The highest BCUT2D eigenvalue weighted by Gasteiger charge is 2.47. The molecule has 1 aromatic rings. The van der Waals surface area contributed by atoms with Gasteiger partial charge in [-0.2, -0.15) is 0 Å². The minimum absolute atomic E-state index is 0.00945. The van der Waals surface area contributed by atoms with E-state index in [9.17, 15) is 9.59 Å². The van der Waals surface area contributed by atoms with Crippen LogP contribution >= 0.6 is 0 Å². The van der Waals surface area contributed by atoms with Crippen molar-refractivity contribution >= 4 is 11.8 Å². The highest BCUT2D eigenvalue weighted by Crippen LogP contribution is 2.45. The number of hydrogen-bond acceptors (Lipinski definition) is 4. The second-order valence-corrected chi connectivity index (χ2v) is 7.94. The summed E-state index contributed by atoms with van der Waals surface area (Å²) in [5.74, 6) is 0.375. The summed E-state index contributed by atoms with van der Waals surface area (Å²) >= 11 is 0. The van der Waals surface area contributed by atoms with E-state index in [4.69, 9.17) is 9.84 Å². The van der Waals surface area contributed by atoms with Crippen molar-refractivity contribution in [3.05, 3.63) is 48.2 Å². The molecular weight excluding hydrogens is 354 g/mol. The van der Waals surface area contributed by atoms with Gasteiger partial charge in [-0.05, 0) is 31.6 Å². The lowest BCUT2D eigenvalue weighted by Crippen LogP contribution is -2.34. The summed E-state index contributed by atoms with van der Waals surface area (Å²) in [5, 5.41) is 12.0. The van der Waals surface area contributed by atoms with Crippen LogP contribution in [-0.2, 0) is 9.53 Å². The van der Waals surface area contributed by atoms with Crippen LogP contribution in [-0.4, -0.2) is 35.6 Å². The van der Waals surface area contributed by atoms with Crippen LogP contribution in [0.5, 0.6) is 0 Å². The lowest BCUT2D eigenvalue weighted by molar-refractivity contribution is -0.137. The van der Waals surface area contributed by atoms with E-state index < -0.39 is 5.97 Å². The lowest BCUT2D eigenvalue weighted by atomic mass is 9.76. The first-order chi connectivity index (χ1) is 13.6. The van der Waals surface area contributed by atoms with Gasteiger partial charge >= 0.3 is 5.97 Å². The molecule has 0 saturated carbocycles. The molecule has 4 unspecified atom stereocenters. The van der Waals surface area contributed by atoms with Crippen molar-refractivity contribution in [2.24, 2.45) is 11.8 Å². The Hall–Kier alpha value is -2.14. The highest BCUT2D eigenvalue weighted by atomic mass is 16.5. The molecule has 2 aliphatic heterocycles. The molecule has 1 aromatic carbocycles. The number of ketones is 1. The minimum atomic E-state index is -0.702. The van der Waals surface area contributed by atoms with Crippen molar-refractivity contribution in [1.29, 1.82) is 0 Å². The van der Waals surface area contributed by atoms with E-state index in [1.807, 2.05) is 30.3 Å². The molecule has 0 aromatic heterocycles. The average Bonchev–Trinajstić information content (AvgIpc) is 3.30. The number of carboxylic acid groups (broad SMARTS) is 1. The molecule has 2 N–H and O–H groups in total. The van der Waals surface area contributed by atoms with E-state index in [2.05, 4.69) is 5.32 Å². The van der Waals surface area contributed by atoms with Crippen molar-refractivity contribution in [2.75, 3.05) is 6.54 Å². The third-order valence-electron chi connectivity index (χ3n) is 6.03. The third kappa shape index (κ3) is 5.68. The number of unbranched alkanes of at least 4 members (excludes halogenated alkanes) is 3. The average molecular weight is 386 g/mol. The Labute approximate surface area is 167 Å². The monoisotopic (exact) mass is 385 g/mol. The molecular formula is C23H31NO4. The van der Waals surface area contributed by atoms with Crippen molar-refractivity contribution < 1.29 is 19.4 Å². The van der Waals surface area contributed by atoms with Gasteiger partial charge in [0.2, 0.25) is 0 Å². The van der Waals surface area contributed by atoms with E-state index in [1.54, 1.807) is 12.3 Å². The van der Waals surface area contributed by atoms with Crippen LogP contribution < -0.4 is 5.32 Å². The zero-order chi connectivity index (χ0) is 19.8. The molecule has 5 nitrogen and oxygen atoms in total. The minimum Gasteiger partial charge on any atom is -0.481 e. The first kappa shape index (κ1) is 20.6. The molecule has 5 heteroatoms. The SMILES string of the molecule is O=C(O)CCCCCCC1C2CCC(O2)C1CN/C=C/C(=O)c1ccccc1. The van der Waals surface area contributed by atoms with Crippen LogP contribution in [0.3, 0.4) is 0 Å². The van der Waals surface area contributed by atoms with E-state index in [0.717, 1.165) is 51.5 Å². The fourth-order valence-corrected chi connectivity index (χ4v) is 4.60. The van der Waals surface area contributed by atoms with Crippen LogP contribution in [0.25, 0.3) is 0 Å². The Kier molecular flexibility index (Phi) is 7.66. The molecule has 0 radical (unpaired) electrons. The first-order valence-electron chi connectivity index (χ1n) is 10.5. The molecule has 0 spiro atoms. The maximum absolute atomic E-state index is 12.1. The molecule has 2 heterocycles. The number of carbonyl (C=O) groups excluding carboxylic acids is 1. The van der Waals surface area contributed by atoms with Gasteiger partial charge < -0.3 is 15.2 Å². The molecule has 2 saturated heterocycles. The summed E-state index contributed by atoms with van der Waals surface area (Å²) in [6.07, 6.45) is 11.8. The highest BCUT2D eigenvalue weighted by molar-refractivity contribution is 6.04. The van der Waals surface area contributed by atoms with Gasteiger partial charge in [0.1, 0.15) is 0 Å². The summed E-state index contributed by atoms with van der Waals surface area (Å²) in [6.45, 7) is 0.837. The molecule has 0 aliphatic carbocycles. The van der Waals surface area contributed by atoms with Crippen LogP contribution in [0.15, 0.2) is 42.6 Å². The molecule has 3 rings (SSSR count). The van der Waals surface area contributed by atoms with Crippen LogP contribution in [0.2, 0.25) is 0 Å². The maximum atomic E-state index is 12.1. The van der Waals surface area contributed by atoms with Gasteiger partial charge in [-0.15, -0.1) is 0 Å². The Bertz CT molecular complexity index is 672. The Morgan fingerprint density at radius 2 is 1.75 bits per heavy atom. The molecule has 28 heavy (non-hydrogen) atoms. The summed E-state index contributed by atoms with van der Waals surface area (Å²) in [6, 6.07) is 9.28. The second-order valence-electron chi connectivity index (χ2n) is 7.94. The normalized spacial score (nSPS) is 26.0. The number of benzene rings is 1. The van der Waals surface area contributed by atoms with Crippen molar-refractivity contribution in [1.82, 2.24) is 5.32 Å². The number of aliphatic carboxylic acids is 1. The number of carbonyl (C=O) groups is 2. The zero-order valence-corrected chi connectivity index (χ0v) is 16.4. The predicted octanol–water partition coefficient (Wildman–Crippen LogP) is 4.19.